The Hall–Kier alpha value is -2.24. The summed E-state index contributed by atoms with van der Waals surface area (Å²) in [5, 5.41) is 0. The smallest absolute Gasteiger partial charge is 0.0798 e. The minimum absolute atomic E-state index is 0.174. The molecule has 1 aromatic carbocycles. The lowest BCUT2D eigenvalue weighted by Gasteiger charge is -2.35. The summed E-state index contributed by atoms with van der Waals surface area (Å²) in [6.45, 7) is 1.84. The quantitative estimate of drug-likeness (QED) is 0.752. The summed E-state index contributed by atoms with van der Waals surface area (Å²) < 4.78 is 0. The van der Waals surface area contributed by atoms with Gasteiger partial charge in [-0.1, -0.05) is 24.3 Å². The third-order valence-corrected chi connectivity index (χ3v) is 5.24. The Kier molecular flexibility index (Phi) is 3.81. The number of hydrogen-bond donors (Lipinski definition) is 1. The van der Waals surface area contributed by atoms with Gasteiger partial charge in [0.2, 0.25) is 0 Å². The van der Waals surface area contributed by atoms with Crippen LogP contribution in [0.2, 0.25) is 0 Å². The van der Waals surface area contributed by atoms with E-state index in [4.69, 9.17) is 5.73 Å². The van der Waals surface area contributed by atoms with Gasteiger partial charge < -0.3 is 5.73 Å². The number of nitrogen functional groups attached to an aromatic ring is 1. The molecule has 4 rings (SSSR count). The summed E-state index contributed by atoms with van der Waals surface area (Å²) in [4.78, 5) is 12.6. The van der Waals surface area contributed by atoms with E-state index >= 15 is 0 Å². The number of pyridine rings is 1. The number of rotatable bonds is 3. The molecule has 3 heterocycles. The molecule has 4 nitrogen and oxygen atoms in total. The molecule has 0 fully saturated rings. The van der Waals surface area contributed by atoms with Crippen LogP contribution in [-0.2, 0) is 13.0 Å². The number of nitrogens with zero attached hydrogens (tertiary/aromatic N) is 3. The number of fused-ring (bicyclic) bond motifs is 1. The molecular weight excluding hydrogens is 304 g/mol. The van der Waals surface area contributed by atoms with E-state index in [1.165, 1.54) is 21.7 Å². The van der Waals surface area contributed by atoms with Crippen molar-refractivity contribution in [3.05, 3.63) is 76.0 Å². The molecule has 0 amide bonds. The minimum Gasteiger partial charge on any atom is -0.398 e. The van der Waals surface area contributed by atoms with Crippen molar-refractivity contribution in [1.29, 1.82) is 0 Å². The van der Waals surface area contributed by atoms with E-state index in [1.807, 2.05) is 36.1 Å². The maximum atomic E-state index is 6.28. The van der Waals surface area contributed by atoms with E-state index in [0.717, 1.165) is 25.2 Å². The molecule has 1 atom stereocenters. The third kappa shape index (κ3) is 2.73. The third-order valence-electron chi connectivity index (χ3n) is 4.32. The first-order valence-corrected chi connectivity index (χ1v) is 8.60. The molecule has 116 valence electrons. The van der Waals surface area contributed by atoms with Crippen LogP contribution in [0.15, 0.2) is 54.3 Å². The van der Waals surface area contributed by atoms with Gasteiger partial charge in [-0.05, 0) is 23.3 Å². The van der Waals surface area contributed by atoms with Gasteiger partial charge in [0, 0.05) is 42.5 Å². The molecule has 5 heteroatoms. The zero-order valence-corrected chi connectivity index (χ0v) is 13.5. The first kappa shape index (κ1) is 14.4. The van der Waals surface area contributed by atoms with Crippen molar-refractivity contribution in [3.8, 4) is 0 Å². The Morgan fingerprint density at radius 2 is 2.13 bits per heavy atom. The lowest BCUT2D eigenvalue weighted by Crippen LogP contribution is -2.35. The molecule has 2 N–H and O–H groups in total. The minimum atomic E-state index is 0.174. The maximum Gasteiger partial charge on any atom is 0.0798 e. The molecule has 0 radical (unpaired) electrons. The Balaban J connectivity index is 1.75. The van der Waals surface area contributed by atoms with Crippen molar-refractivity contribution in [1.82, 2.24) is 14.9 Å². The van der Waals surface area contributed by atoms with Gasteiger partial charge in [-0.3, -0.25) is 9.88 Å². The molecule has 0 spiro atoms. The highest BCUT2D eigenvalue weighted by molar-refractivity contribution is 7.09. The first-order valence-electron chi connectivity index (χ1n) is 7.72. The molecule has 0 bridgehead atoms. The summed E-state index contributed by atoms with van der Waals surface area (Å²) in [6, 6.07) is 12.4. The van der Waals surface area contributed by atoms with Crippen molar-refractivity contribution in [3.63, 3.8) is 0 Å². The summed E-state index contributed by atoms with van der Waals surface area (Å²) in [5.74, 6) is 0. The predicted octanol–water partition coefficient (Wildman–Crippen LogP) is 3.27. The highest BCUT2D eigenvalue weighted by Gasteiger charge is 2.31. The van der Waals surface area contributed by atoms with E-state index in [9.17, 15) is 0 Å². The van der Waals surface area contributed by atoms with Crippen LogP contribution < -0.4 is 5.73 Å². The van der Waals surface area contributed by atoms with Crippen LogP contribution in [0.25, 0.3) is 0 Å². The van der Waals surface area contributed by atoms with Crippen molar-refractivity contribution in [2.75, 3.05) is 12.3 Å². The standard InChI is InChI=1S/C18H18N4S/c19-15-6-2-1-5-14(15)17-18-16(21-12-23-18)7-9-22(17)11-13-4-3-8-20-10-13/h1-6,8,10,12,17H,7,9,11,19H2. The average Bonchev–Trinajstić information content (AvgIpc) is 3.05. The van der Waals surface area contributed by atoms with E-state index in [2.05, 4.69) is 33.1 Å². The number of anilines is 1. The summed E-state index contributed by atoms with van der Waals surface area (Å²) in [5.41, 5.74) is 12.7. The van der Waals surface area contributed by atoms with Gasteiger partial charge in [0.1, 0.15) is 0 Å². The van der Waals surface area contributed by atoms with Gasteiger partial charge in [0.25, 0.3) is 0 Å². The van der Waals surface area contributed by atoms with Crippen molar-refractivity contribution >= 4 is 17.0 Å². The Morgan fingerprint density at radius 1 is 1.22 bits per heavy atom. The predicted molar refractivity (Wildman–Crippen MR) is 93.2 cm³/mol. The van der Waals surface area contributed by atoms with Gasteiger partial charge in [-0.15, -0.1) is 11.3 Å². The fourth-order valence-corrected chi connectivity index (χ4v) is 4.22. The Labute approximate surface area is 139 Å². The van der Waals surface area contributed by atoms with Crippen molar-refractivity contribution in [2.45, 2.75) is 19.0 Å². The molecule has 0 saturated carbocycles. The molecule has 1 unspecified atom stereocenters. The Morgan fingerprint density at radius 3 is 2.96 bits per heavy atom. The molecular formula is C18H18N4S. The Bertz CT molecular complexity index is 800. The van der Waals surface area contributed by atoms with E-state index in [-0.39, 0.29) is 6.04 Å². The van der Waals surface area contributed by atoms with Crippen LogP contribution in [0.3, 0.4) is 0 Å². The molecule has 0 saturated heterocycles. The lowest BCUT2D eigenvalue weighted by molar-refractivity contribution is 0.207. The fourth-order valence-electron chi connectivity index (χ4n) is 3.23. The first-order chi connectivity index (χ1) is 11.3. The number of benzene rings is 1. The van der Waals surface area contributed by atoms with Crippen molar-refractivity contribution < 1.29 is 0 Å². The highest BCUT2D eigenvalue weighted by Crippen LogP contribution is 2.39. The molecule has 1 aliphatic heterocycles. The number of aromatic nitrogens is 2. The van der Waals surface area contributed by atoms with Crippen LogP contribution in [-0.4, -0.2) is 21.4 Å². The summed E-state index contributed by atoms with van der Waals surface area (Å²) >= 11 is 1.73. The molecule has 23 heavy (non-hydrogen) atoms. The van der Waals surface area contributed by atoms with Crippen LogP contribution in [0.1, 0.15) is 27.7 Å². The normalized spacial score (nSPS) is 17.8. The van der Waals surface area contributed by atoms with Crippen LogP contribution in [0, 0.1) is 0 Å². The highest BCUT2D eigenvalue weighted by atomic mass is 32.1. The van der Waals surface area contributed by atoms with Crippen LogP contribution in [0.5, 0.6) is 0 Å². The second-order valence-electron chi connectivity index (χ2n) is 5.78. The summed E-state index contributed by atoms with van der Waals surface area (Å²) in [7, 11) is 0. The number of nitrogens with two attached hydrogens (primary N) is 1. The lowest BCUT2D eigenvalue weighted by atomic mass is 9.95. The zero-order valence-electron chi connectivity index (χ0n) is 12.7. The van der Waals surface area contributed by atoms with Gasteiger partial charge in [0.15, 0.2) is 0 Å². The van der Waals surface area contributed by atoms with E-state index in [0.29, 0.717) is 0 Å². The molecule has 0 aliphatic carbocycles. The molecule has 1 aliphatic rings. The second-order valence-corrected chi connectivity index (χ2v) is 6.66. The fraction of sp³-hybridized carbons (Fsp3) is 0.222. The van der Waals surface area contributed by atoms with Crippen LogP contribution in [0.4, 0.5) is 5.69 Å². The second kappa shape index (κ2) is 6.10. The number of para-hydroxylation sites is 1. The molecule has 2 aromatic heterocycles. The van der Waals surface area contributed by atoms with E-state index in [1.54, 1.807) is 11.3 Å². The summed E-state index contributed by atoms with van der Waals surface area (Å²) in [6.07, 6.45) is 4.74. The van der Waals surface area contributed by atoms with Gasteiger partial charge in [-0.25, -0.2) is 4.98 Å². The average molecular weight is 322 g/mol. The monoisotopic (exact) mass is 322 g/mol. The van der Waals surface area contributed by atoms with Crippen molar-refractivity contribution in [2.24, 2.45) is 0 Å². The van der Waals surface area contributed by atoms with Gasteiger partial charge in [-0.2, -0.15) is 0 Å². The SMILES string of the molecule is Nc1ccccc1C1c2scnc2CCN1Cc1cccnc1. The van der Waals surface area contributed by atoms with Crippen LogP contribution >= 0.6 is 11.3 Å². The van der Waals surface area contributed by atoms with Gasteiger partial charge >= 0.3 is 0 Å². The van der Waals surface area contributed by atoms with Gasteiger partial charge in [0.05, 0.1) is 17.2 Å². The number of thiazole rings is 1. The largest absolute Gasteiger partial charge is 0.398 e. The molecule has 3 aromatic rings. The number of hydrogen-bond acceptors (Lipinski definition) is 5. The zero-order chi connectivity index (χ0) is 15.6. The van der Waals surface area contributed by atoms with E-state index < -0.39 is 0 Å². The topological polar surface area (TPSA) is 55.0 Å². The maximum absolute atomic E-state index is 6.28.